The lowest BCUT2D eigenvalue weighted by atomic mass is 10.0. The van der Waals surface area contributed by atoms with E-state index in [9.17, 15) is 4.79 Å². The van der Waals surface area contributed by atoms with E-state index in [0.29, 0.717) is 11.5 Å². The van der Waals surface area contributed by atoms with Crippen LogP contribution in [0, 0.1) is 13.8 Å². The average molecular weight is 231 g/mol. The van der Waals surface area contributed by atoms with E-state index in [1.807, 2.05) is 26.0 Å². The van der Waals surface area contributed by atoms with E-state index in [-0.39, 0.29) is 6.42 Å². The first-order valence-electron chi connectivity index (χ1n) is 5.31. The van der Waals surface area contributed by atoms with Gasteiger partial charge in [0, 0.05) is 11.6 Å². The van der Waals surface area contributed by atoms with E-state index in [0.717, 1.165) is 11.1 Å². The largest absolute Gasteiger partial charge is 0.481 e. The molecule has 1 aromatic carbocycles. The molecule has 0 atom stereocenters. The Morgan fingerprint density at radius 2 is 2.12 bits per heavy atom. The zero-order valence-corrected chi connectivity index (χ0v) is 9.73. The van der Waals surface area contributed by atoms with Gasteiger partial charge < -0.3 is 9.63 Å². The van der Waals surface area contributed by atoms with Crippen LogP contribution in [0.3, 0.4) is 0 Å². The summed E-state index contributed by atoms with van der Waals surface area (Å²) in [5.41, 5.74) is 3.65. The van der Waals surface area contributed by atoms with Gasteiger partial charge in [0.25, 0.3) is 0 Å². The highest BCUT2D eigenvalue weighted by molar-refractivity contribution is 5.70. The maximum atomic E-state index is 10.5. The first-order valence-corrected chi connectivity index (χ1v) is 5.31. The zero-order chi connectivity index (χ0) is 12.4. The fraction of sp³-hybridized carbons (Fsp3) is 0.231. The van der Waals surface area contributed by atoms with Gasteiger partial charge in [0.1, 0.15) is 0 Å². The van der Waals surface area contributed by atoms with Crippen LogP contribution in [0.15, 0.2) is 28.8 Å². The van der Waals surface area contributed by atoms with Crippen LogP contribution in [0.4, 0.5) is 0 Å². The van der Waals surface area contributed by atoms with Crippen LogP contribution in [-0.2, 0) is 11.2 Å². The maximum absolute atomic E-state index is 10.5. The summed E-state index contributed by atoms with van der Waals surface area (Å²) in [5.74, 6) is -0.302. The number of aromatic nitrogens is 1. The predicted molar refractivity (Wildman–Crippen MR) is 62.8 cm³/mol. The summed E-state index contributed by atoms with van der Waals surface area (Å²) in [7, 11) is 0. The molecule has 0 radical (unpaired) electrons. The van der Waals surface area contributed by atoms with E-state index < -0.39 is 5.97 Å². The van der Waals surface area contributed by atoms with Crippen molar-refractivity contribution in [2.45, 2.75) is 20.3 Å². The number of nitrogens with zero attached hydrogens (tertiary/aromatic N) is 1. The monoisotopic (exact) mass is 231 g/mol. The van der Waals surface area contributed by atoms with Gasteiger partial charge in [0.05, 0.1) is 12.1 Å². The molecule has 1 N–H and O–H groups in total. The van der Waals surface area contributed by atoms with Gasteiger partial charge in [-0.05, 0) is 19.4 Å². The highest BCUT2D eigenvalue weighted by Gasteiger charge is 2.11. The van der Waals surface area contributed by atoms with Crippen molar-refractivity contribution in [3.05, 3.63) is 41.1 Å². The summed E-state index contributed by atoms with van der Waals surface area (Å²) in [4.78, 5) is 10.5. The van der Waals surface area contributed by atoms with Crippen molar-refractivity contribution in [1.82, 2.24) is 5.16 Å². The minimum atomic E-state index is -0.912. The molecule has 1 aromatic heterocycles. The molecular weight excluding hydrogens is 218 g/mol. The number of benzene rings is 1. The molecule has 1 heterocycles. The first-order chi connectivity index (χ1) is 8.06. The Balaban J connectivity index is 2.33. The van der Waals surface area contributed by atoms with Crippen LogP contribution in [-0.4, -0.2) is 16.2 Å². The van der Waals surface area contributed by atoms with E-state index in [1.165, 1.54) is 5.56 Å². The summed E-state index contributed by atoms with van der Waals surface area (Å²) in [6, 6.07) is 7.66. The van der Waals surface area contributed by atoms with Gasteiger partial charge in [-0.2, -0.15) is 0 Å². The van der Waals surface area contributed by atoms with Gasteiger partial charge in [-0.1, -0.05) is 28.9 Å². The predicted octanol–water partition coefficient (Wildman–Crippen LogP) is 2.59. The molecule has 0 bridgehead atoms. The Kier molecular flexibility index (Phi) is 2.95. The van der Waals surface area contributed by atoms with Gasteiger partial charge in [-0.3, -0.25) is 4.79 Å². The molecule has 0 spiro atoms. The molecule has 0 saturated carbocycles. The quantitative estimate of drug-likeness (QED) is 0.881. The number of carbonyl (C=O) groups is 1. The fourth-order valence-electron chi connectivity index (χ4n) is 1.77. The van der Waals surface area contributed by atoms with Crippen LogP contribution in [0.2, 0.25) is 0 Å². The molecule has 0 unspecified atom stereocenters. The highest BCUT2D eigenvalue weighted by Crippen LogP contribution is 2.24. The molecule has 0 saturated heterocycles. The third-order valence-electron chi connectivity index (χ3n) is 2.54. The van der Waals surface area contributed by atoms with Crippen molar-refractivity contribution in [3.63, 3.8) is 0 Å². The molecule has 0 aliphatic rings. The lowest BCUT2D eigenvalue weighted by Gasteiger charge is -2.02. The fourth-order valence-corrected chi connectivity index (χ4v) is 1.77. The number of carboxylic acids is 1. The van der Waals surface area contributed by atoms with Crippen LogP contribution in [0.5, 0.6) is 0 Å². The van der Waals surface area contributed by atoms with Gasteiger partial charge in [0.2, 0.25) is 0 Å². The number of hydrogen-bond acceptors (Lipinski definition) is 3. The SMILES string of the molecule is Cc1ccc(-c2cc(CC(=O)O)no2)c(C)c1. The molecule has 4 nitrogen and oxygen atoms in total. The van der Waals surface area contributed by atoms with Crippen molar-refractivity contribution >= 4 is 5.97 Å². The molecule has 88 valence electrons. The van der Waals surface area contributed by atoms with Crippen molar-refractivity contribution in [2.24, 2.45) is 0 Å². The molecule has 2 rings (SSSR count). The Hall–Kier alpha value is -2.10. The molecule has 17 heavy (non-hydrogen) atoms. The third-order valence-corrected chi connectivity index (χ3v) is 2.54. The maximum Gasteiger partial charge on any atom is 0.309 e. The number of aryl methyl sites for hydroxylation is 2. The summed E-state index contributed by atoms with van der Waals surface area (Å²) in [6.07, 6.45) is -0.117. The summed E-state index contributed by atoms with van der Waals surface area (Å²) in [5, 5.41) is 12.4. The van der Waals surface area contributed by atoms with Gasteiger partial charge >= 0.3 is 5.97 Å². The molecular formula is C13H13NO3. The van der Waals surface area contributed by atoms with Gasteiger partial charge in [-0.25, -0.2) is 0 Å². The summed E-state index contributed by atoms with van der Waals surface area (Å²) in [6.45, 7) is 4.01. The molecule has 4 heteroatoms. The molecule has 0 aliphatic carbocycles. The first kappa shape index (κ1) is 11.4. The topological polar surface area (TPSA) is 63.3 Å². The van der Waals surface area contributed by atoms with Crippen molar-refractivity contribution in [2.75, 3.05) is 0 Å². The Morgan fingerprint density at radius 1 is 1.35 bits per heavy atom. The highest BCUT2D eigenvalue weighted by atomic mass is 16.5. The molecule has 0 aliphatic heterocycles. The van der Waals surface area contributed by atoms with Gasteiger partial charge in [0.15, 0.2) is 5.76 Å². The number of hydrogen-bond donors (Lipinski definition) is 1. The van der Waals surface area contributed by atoms with E-state index in [4.69, 9.17) is 9.63 Å². The number of aliphatic carboxylic acids is 1. The molecule has 0 fully saturated rings. The van der Waals surface area contributed by atoms with Crippen molar-refractivity contribution < 1.29 is 14.4 Å². The summed E-state index contributed by atoms with van der Waals surface area (Å²) < 4.78 is 5.16. The second kappa shape index (κ2) is 4.41. The smallest absolute Gasteiger partial charge is 0.309 e. The third kappa shape index (κ3) is 2.53. The Bertz CT molecular complexity index is 558. The van der Waals surface area contributed by atoms with Crippen LogP contribution < -0.4 is 0 Å². The standard InChI is InChI=1S/C13H13NO3/c1-8-3-4-11(9(2)5-8)12-6-10(14-17-12)7-13(15)16/h3-6H,7H2,1-2H3,(H,15,16). The Morgan fingerprint density at radius 3 is 2.76 bits per heavy atom. The molecule has 0 amide bonds. The summed E-state index contributed by atoms with van der Waals surface area (Å²) >= 11 is 0. The lowest BCUT2D eigenvalue weighted by molar-refractivity contribution is -0.136. The number of rotatable bonds is 3. The minimum Gasteiger partial charge on any atom is -0.481 e. The second-order valence-corrected chi connectivity index (χ2v) is 4.07. The van der Waals surface area contributed by atoms with E-state index >= 15 is 0 Å². The second-order valence-electron chi connectivity index (χ2n) is 4.07. The number of carboxylic acid groups (broad SMARTS) is 1. The van der Waals surface area contributed by atoms with Crippen molar-refractivity contribution in [1.29, 1.82) is 0 Å². The average Bonchev–Trinajstić information content (AvgIpc) is 2.65. The minimum absolute atomic E-state index is 0.117. The van der Waals surface area contributed by atoms with E-state index in [1.54, 1.807) is 6.07 Å². The van der Waals surface area contributed by atoms with Crippen LogP contribution >= 0.6 is 0 Å². The normalized spacial score (nSPS) is 10.5. The molecule has 2 aromatic rings. The van der Waals surface area contributed by atoms with Crippen molar-refractivity contribution in [3.8, 4) is 11.3 Å². The van der Waals surface area contributed by atoms with Crippen LogP contribution in [0.25, 0.3) is 11.3 Å². The van der Waals surface area contributed by atoms with E-state index in [2.05, 4.69) is 11.2 Å². The lowest BCUT2D eigenvalue weighted by Crippen LogP contribution is -1.99. The van der Waals surface area contributed by atoms with Gasteiger partial charge in [-0.15, -0.1) is 0 Å². The zero-order valence-electron chi connectivity index (χ0n) is 9.73. The Labute approximate surface area is 98.9 Å². The van der Waals surface area contributed by atoms with Crippen LogP contribution in [0.1, 0.15) is 16.8 Å².